The van der Waals surface area contributed by atoms with Gasteiger partial charge in [0.25, 0.3) is 5.91 Å². The Morgan fingerprint density at radius 2 is 1.67 bits per heavy atom. The topological polar surface area (TPSA) is 76.7 Å². The van der Waals surface area contributed by atoms with E-state index in [0.717, 1.165) is 10.5 Å². The molecule has 1 aliphatic heterocycles. The predicted molar refractivity (Wildman–Crippen MR) is 117 cm³/mol. The summed E-state index contributed by atoms with van der Waals surface area (Å²) in [6.07, 6.45) is 0. The molecule has 0 bridgehead atoms. The Labute approximate surface area is 178 Å². The highest BCUT2D eigenvalue weighted by Crippen LogP contribution is 2.34. The number of rotatable bonds is 6. The Balaban J connectivity index is 1.32. The number of hydrogen-bond donors (Lipinski definition) is 2. The predicted octanol–water partition coefficient (Wildman–Crippen LogP) is 4.71. The molecule has 7 heteroatoms. The van der Waals surface area contributed by atoms with Gasteiger partial charge in [-0.2, -0.15) is 0 Å². The van der Waals surface area contributed by atoms with Crippen LogP contribution in [0.1, 0.15) is 15.9 Å². The smallest absolute Gasteiger partial charge is 0.255 e. The molecule has 4 rings (SSSR count). The second-order valence-corrected chi connectivity index (χ2v) is 7.80. The molecule has 0 spiro atoms. The molecule has 30 heavy (non-hydrogen) atoms. The monoisotopic (exact) mass is 420 g/mol. The SMILES string of the molecule is Cc1ccc(C(=O)Nc2cccc(SCC(=O)Nc3ccc4c(c3)OCO4)c2)cc1. The molecule has 0 fully saturated rings. The van der Waals surface area contributed by atoms with Gasteiger partial charge in [0.05, 0.1) is 5.75 Å². The second-order valence-electron chi connectivity index (χ2n) is 6.75. The third kappa shape index (κ3) is 4.93. The number of nitrogens with one attached hydrogen (secondary N) is 2. The molecule has 0 saturated heterocycles. The fourth-order valence-electron chi connectivity index (χ4n) is 2.89. The maximum atomic E-state index is 12.4. The molecule has 2 amide bonds. The van der Waals surface area contributed by atoms with Gasteiger partial charge in [-0.25, -0.2) is 0 Å². The van der Waals surface area contributed by atoms with E-state index in [2.05, 4.69) is 10.6 Å². The summed E-state index contributed by atoms with van der Waals surface area (Å²) in [5.41, 5.74) is 3.04. The number of carbonyl (C=O) groups excluding carboxylic acids is 2. The summed E-state index contributed by atoms with van der Waals surface area (Å²) < 4.78 is 10.6. The lowest BCUT2D eigenvalue weighted by Crippen LogP contribution is -2.14. The fraction of sp³-hybridized carbons (Fsp3) is 0.130. The van der Waals surface area contributed by atoms with Gasteiger partial charge in [-0.05, 0) is 49.4 Å². The van der Waals surface area contributed by atoms with Gasteiger partial charge in [0.1, 0.15) is 0 Å². The maximum Gasteiger partial charge on any atom is 0.255 e. The first kappa shape index (κ1) is 19.8. The van der Waals surface area contributed by atoms with Crippen molar-refractivity contribution in [1.82, 2.24) is 0 Å². The Hall–Kier alpha value is -3.45. The first-order valence-electron chi connectivity index (χ1n) is 9.37. The summed E-state index contributed by atoms with van der Waals surface area (Å²) in [6, 6.07) is 20.1. The third-order valence-electron chi connectivity index (χ3n) is 4.43. The van der Waals surface area contributed by atoms with Crippen LogP contribution in [0.3, 0.4) is 0 Å². The first-order valence-corrected chi connectivity index (χ1v) is 10.4. The number of carbonyl (C=O) groups is 2. The number of ether oxygens (including phenoxy) is 2. The highest BCUT2D eigenvalue weighted by atomic mass is 32.2. The molecule has 1 heterocycles. The van der Waals surface area contributed by atoms with Crippen molar-refractivity contribution in [2.75, 3.05) is 23.2 Å². The van der Waals surface area contributed by atoms with E-state index in [4.69, 9.17) is 9.47 Å². The number of benzene rings is 3. The lowest BCUT2D eigenvalue weighted by Gasteiger charge is -2.09. The van der Waals surface area contributed by atoms with E-state index in [1.807, 2.05) is 43.3 Å². The van der Waals surface area contributed by atoms with Crippen molar-refractivity contribution in [2.24, 2.45) is 0 Å². The molecule has 3 aromatic carbocycles. The van der Waals surface area contributed by atoms with Gasteiger partial charge in [0, 0.05) is 27.9 Å². The molecule has 6 nitrogen and oxygen atoms in total. The summed E-state index contributed by atoms with van der Waals surface area (Å²) in [6.45, 7) is 2.17. The Morgan fingerprint density at radius 1 is 0.900 bits per heavy atom. The number of fused-ring (bicyclic) bond motifs is 1. The Bertz CT molecular complexity index is 1080. The number of thioether (sulfide) groups is 1. The quantitative estimate of drug-likeness (QED) is 0.565. The van der Waals surface area contributed by atoms with E-state index in [-0.39, 0.29) is 24.4 Å². The Morgan fingerprint density at radius 3 is 2.50 bits per heavy atom. The molecule has 0 saturated carbocycles. The lowest BCUT2D eigenvalue weighted by molar-refractivity contribution is -0.113. The number of hydrogen-bond acceptors (Lipinski definition) is 5. The summed E-state index contributed by atoms with van der Waals surface area (Å²) in [4.78, 5) is 25.6. The van der Waals surface area contributed by atoms with Gasteiger partial charge < -0.3 is 20.1 Å². The molecule has 0 atom stereocenters. The van der Waals surface area contributed by atoms with Crippen molar-refractivity contribution in [1.29, 1.82) is 0 Å². The average molecular weight is 420 g/mol. The van der Waals surface area contributed by atoms with Crippen molar-refractivity contribution in [3.8, 4) is 11.5 Å². The van der Waals surface area contributed by atoms with Crippen LogP contribution < -0.4 is 20.1 Å². The van der Waals surface area contributed by atoms with E-state index in [1.165, 1.54) is 11.8 Å². The number of aryl methyl sites for hydroxylation is 1. The van der Waals surface area contributed by atoms with Crippen LogP contribution in [0.4, 0.5) is 11.4 Å². The van der Waals surface area contributed by atoms with Crippen LogP contribution in [0.15, 0.2) is 71.6 Å². The normalized spacial score (nSPS) is 11.8. The summed E-state index contributed by atoms with van der Waals surface area (Å²) in [5, 5.41) is 5.74. The highest BCUT2D eigenvalue weighted by Gasteiger charge is 2.14. The fourth-order valence-corrected chi connectivity index (χ4v) is 3.65. The van der Waals surface area contributed by atoms with Crippen LogP contribution >= 0.6 is 11.8 Å². The summed E-state index contributed by atoms with van der Waals surface area (Å²) >= 11 is 1.39. The minimum Gasteiger partial charge on any atom is -0.454 e. The summed E-state index contributed by atoms with van der Waals surface area (Å²) in [7, 11) is 0. The van der Waals surface area contributed by atoms with E-state index >= 15 is 0 Å². The molecular weight excluding hydrogens is 400 g/mol. The average Bonchev–Trinajstić information content (AvgIpc) is 3.21. The first-order chi connectivity index (χ1) is 14.6. The zero-order valence-electron chi connectivity index (χ0n) is 16.3. The van der Waals surface area contributed by atoms with E-state index in [0.29, 0.717) is 28.4 Å². The van der Waals surface area contributed by atoms with Gasteiger partial charge in [-0.1, -0.05) is 23.8 Å². The summed E-state index contributed by atoms with van der Waals surface area (Å²) in [5.74, 6) is 1.24. The van der Waals surface area contributed by atoms with Gasteiger partial charge in [-0.15, -0.1) is 11.8 Å². The van der Waals surface area contributed by atoms with Gasteiger partial charge >= 0.3 is 0 Å². The molecule has 152 valence electrons. The maximum absolute atomic E-state index is 12.4. The molecule has 3 aromatic rings. The standard InChI is InChI=1S/C23H20N2O4S/c1-15-5-7-16(8-6-15)23(27)25-17-3-2-4-19(11-17)30-13-22(26)24-18-9-10-20-21(12-18)29-14-28-20/h2-12H,13-14H2,1H3,(H,24,26)(H,25,27). The highest BCUT2D eigenvalue weighted by molar-refractivity contribution is 8.00. The van der Waals surface area contributed by atoms with Crippen LogP contribution in [-0.2, 0) is 4.79 Å². The zero-order valence-corrected chi connectivity index (χ0v) is 17.1. The lowest BCUT2D eigenvalue weighted by atomic mass is 10.1. The van der Waals surface area contributed by atoms with Crippen molar-refractivity contribution < 1.29 is 19.1 Å². The molecule has 1 aliphatic rings. The molecule has 2 N–H and O–H groups in total. The van der Waals surface area contributed by atoms with Gasteiger partial charge in [-0.3, -0.25) is 9.59 Å². The van der Waals surface area contributed by atoms with Gasteiger partial charge in [0.15, 0.2) is 11.5 Å². The van der Waals surface area contributed by atoms with E-state index in [1.54, 1.807) is 30.3 Å². The zero-order chi connectivity index (χ0) is 20.9. The van der Waals surface area contributed by atoms with Crippen molar-refractivity contribution >= 4 is 35.0 Å². The molecule has 0 aromatic heterocycles. The van der Waals surface area contributed by atoms with Crippen LogP contribution in [0, 0.1) is 6.92 Å². The van der Waals surface area contributed by atoms with Crippen LogP contribution in [-0.4, -0.2) is 24.4 Å². The van der Waals surface area contributed by atoms with Crippen molar-refractivity contribution in [3.05, 3.63) is 77.9 Å². The molecule has 0 aliphatic carbocycles. The van der Waals surface area contributed by atoms with Gasteiger partial charge in [0.2, 0.25) is 12.7 Å². The molecule has 0 unspecified atom stereocenters. The molecule has 0 radical (unpaired) electrons. The Kier molecular flexibility index (Phi) is 5.90. The van der Waals surface area contributed by atoms with E-state index < -0.39 is 0 Å². The van der Waals surface area contributed by atoms with Crippen molar-refractivity contribution in [2.45, 2.75) is 11.8 Å². The van der Waals surface area contributed by atoms with Crippen LogP contribution in [0.5, 0.6) is 11.5 Å². The largest absolute Gasteiger partial charge is 0.454 e. The van der Waals surface area contributed by atoms with E-state index in [9.17, 15) is 9.59 Å². The third-order valence-corrected chi connectivity index (χ3v) is 5.43. The number of amides is 2. The van der Waals surface area contributed by atoms with Crippen molar-refractivity contribution in [3.63, 3.8) is 0 Å². The van der Waals surface area contributed by atoms with Crippen LogP contribution in [0.2, 0.25) is 0 Å². The minimum absolute atomic E-state index is 0.132. The number of anilines is 2. The minimum atomic E-state index is -0.169. The van der Waals surface area contributed by atoms with Crippen LogP contribution in [0.25, 0.3) is 0 Å². The molecular formula is C23H20N2O4S. The second kappa shape index (κ2) is 8.92.